The Hall–Kier alpha value is -2.30. The molecule has 0 saturated carbocycles. The van der Waals surface area contributed by atoms with E-state index in [-0.39, 0.29) is 5.91 Å². The van der Waals surface area contributed by atoms with E-state index in [1.807, 2.05) is 26.1 Å². The maximum absolute atomic E-state index is 11.4. The number of hydrogen-bond acceptors (Lipinski definition) is 3. The van der Waals surface area contributed by atoms with Gasteiger partial charge in [0.25, 0.3) is 0 Å². The summed E-state index contributed by atoms with van der Waals surface area (Å²) in [6.45, 7) is 1.97. The van der Waals surface area contributed by atoms with E-state index < -0.39 is 0 Å². The maximum Gasteiger partial charge on any atom is 0.224 e. The smallest absolute Gasteiger partial charge is 0.224 e. The number of amides is 1. The molecule has 0 radical (unpaired) electrons. The van der Waals surface area contributed by atoms with E-state index in [1.165, 1.54) is 0 Å². The van der Waals surface area contributed by atoms with Crippen molar-refractivity contribution in [2.75, 3.05) is 11.1 Å². The van der Waals surface area contributed by atoms with E-state index >= 15 is 0 Å². The minimum Gasteiger partial charge on any atom is -0.382 e. The van der Waals surface area contributed by atoms with Gasteiger partial charge in [0.05, 0.1) is 5.69 Å². The van der Waals surface area contributed by atoms with Crippen LogP contribution in [0.1, 0.15) is 17.5 Å². The molecule has 1 aromatic carbocycles. The molecule has 0 unspecified atom stereocenters. The van der Waals surface area contributed by atoms with Gasteiger partial charge in [0.2, 0.25) is 5.91 Å². The molecule has 3 rings (SSSR count). The Bertz CT molecular complexity index is 672. The number of nitrogens with two attached hydrogens (primary N) is 1. The molecule has 2 aromatic rings. The third kappa shape index (κ3) is 1.87. The van der Waals surface area contributed by atoms with E-state index in [4.69, 9.17) is 5.73 Å². The van der Waals surface area contributed by atoms with Crippen molar-refractivity contribution in [1.82, 2.24) is 9.78 Å². The van der Waals surface area contributed by atoms with E-state index in [0.29, 0.717) is 12.2 Å². The lowest BCUT2D eigenvalue weighted by Gasteiger charge is -2.17. The highest BCUT2D eigenvalue weighted by Crippen LogP contribution is 2.31. The largest absolute Gasteiger partial charge is 0.382 e. The fourth-order valence-corrected chi connectivity index (χ4v) is 2.58. The summed E-state index contributed by atoms with van der Waals surface area (Å²) in [5.74, 6) is 0.643. The number of carbonyl (C=O) groups is 1. The second-order valence-corrected chi connectivity index (χ2v) is 4.90. The molecule has 3 N–H and O–H groups in total. The molecule has 0 saturated heterocycles. The molecule has 1 aliphatic rings. The van der Waals surface area contributed by atoms with Crippen LogP contribution < -0.4 is 11.1 Å². The minimum atomic E-state index is 0.0845. The number of aryl methyl sites for hydroxylation is 2. The first-order chi connectivity index (χ1) is 9.06. The normalized spacial score (nSPS) is 14.1. The fraction of sp³-hybridized carbons (Fsp3) is 0.286. The number of rotatable bonds is 1. The van der Waals surface area contributed by atoms with Crippen LogP contribution in [0.15, 0.2) is 18.2 Å². The van der Waals surface area contributed by atoms with Gasteiger partial charge >= 0.3 is 0 Å². The summed E-state index contributed by atoms with van der Waals surface area (Å²) in [6, 6.07) is 6.05. The number of anilines is 2. The van der Waals surface area contributed by atoms with Crippen molar-refractivity contribution < 1.29 is 4.79 Å². The maximum atomic E-state index is 11.4. The van der Waals surface area contributed by atoms with Crippen LogP contribution in [0.25, 0.3) is 11.3 Å². The van der Waals surface area contributed by atoms with Gasteiger partial charge in [0.15, 0.2) is 0 Å². The van der Waals surface area contributed by atoms with Gasteiger partial charge in [-0.1, -0.05) is 6.07 Å². The fourth-order valence-electron chi connectivity index (χ4n) is 2.58. The Morgan fingerprint density at radius 2 is 2.16 bits per heavy atom. The second-order valence-electron chi connectivity index (χ2n) is 4.90. The molecule has 1 amide bonds. The van der Waals surface area contributed by atoms with Crippen LogP contribution in [0.4, 0.5) is 11.5 Å². The number of carbonyl (C=O) groups excluding carboxylic acids is 1. The SMILES string of the molecule is Cc1c(N)nn(C)c1-c1ccc2c(c1)CCC(=O)N2. The number of nitrogens with zero attached hydrogens (tertiary/aromatic N) is 2. The van der Waals surface area contributed by atoms with Crippen molar-refractivity contribution in [1.29, 1.82) is 0 Å². The van der Waals surface area contributed by atoms with E-state index in [2.05, 4.69) is 16.5 Å². The molecular weight excluding hydrogens is 240 g/mol. The molecule has 1 aliphatic heterocycles. The van der Waals surface area contributed by atoms with Crippen molar-refractivity contribution in [2.24, 2.45) is 7.05 Å². The van der Waals surface area contributed by atoms with Gasteiger partial charge in [-0.2, -0.15) is 5.10 Å². The van der Waals surface area contributed by atoms with Gasteiger partial charge in [0, 0.05) is 30.3 Å². The first-order valence-electron chi connectivity index (χ1n) is 6.28. The molecule has 2 heterocycles. The lowest BCUT2D eigenvalue weighted by atomic mass is 9.98. The molecule has 19 heavy (non-hydrogen) atoms. The Morgan fingerprint density at radius 1 is 1.37 bits per heavy atom. The van der Waals surface area contributed by atoms with Gasteiger partial charge in [-0.05, 0) is 31.0 Å². The van der Waals surface area contributed by atoms with Gasteiger partial charge in [-0.25, -0.2) is 0 Å². The van der Waals surface area contributed by atoms with Gasteiger partial charge in [0.1, 0.15) is 5.82 Å². The van der Waals surface area contributed by atoms with Crippen molar-refractivity contribution in [3.63, 3.8) is 0 Å². The minimum absolute atomic E-state index is 0.0845. The van der Waals surface area contributed by atoms with Crippen LogP contribution in [0, 0.1) is 6.92 Å². The van der Waals surface area contributed by atoms with Crippen LogP contribution >= 0.6 is 0 Å². The second kappa shape index (κ2) is 4.12. The Morgan fingerprint density at radius 3 is 2.84 bits per heavy atom. The zero-order valence-corrected chi connectivity index (χ0v) is 11.0. The molecule has 98 valence electrons. The molecule has 0 fully saturated rings. The first kappa shape index (κ1) is 11.8. The molecule has 0 atom stereocenters. The highest BCUT2D eigenvalue weighted by Gasteiger charge is 2.17. The van der Waals surface area contributed by atoms with Crippen molar-refractivity contribution in [2.45, 2.75) is 19.8 Å². The molecule has 0 bridgehead atoms. The molecule has 0 aliphatic carbocycles. The number of benzene rings is 1. The quantitative estimate of drug-likeness (QED) is 0.818. The zero-order chi connectivity index (χ0) is 13.6. The first-order valence-corrected chi connectivity index (χ1v) is 6.28. The van der Waals surface area contributed by atoms with Crippen molar-refractivity contribution in [3.05, 3.63) is 29.3 Å². The third-order valence-electron chi connectivity index (χ3n) is 3.59. The van der Waals surface area contributed by atoms with Gasteiger partial charge in [-0.3, -0.25) is 9.48 Å². The molecular formula is C14H16N4O. The average molecular weight is 256 g/mol. The summed E-state index contributed by atoms with van der Waals surface area (Å²) >= 11 is 0. The lowest BCUT2D eigenvalue weighted by Crippen LogP contribution is -2.18. The average Bonchev–Trinajstić information content (AvgIpc) is 2.63. The Labute approximate surface area is 111 Å². The van der Waals surface area contributed by atoms with E-state index in [9.17, 15) is 4.79 Å². The van der Waals surface area contributed by atoms with Crippen molar-refractivity contribution in [3.8, 4) is 11.3 Å². The van der Waals surface area contributed by atoms with Crippen LogP contribution in [0.2, 0.25) is 0 Å². The van der Waals surface area contributed by atoms with E-state index in [1.54, 1.807) is 4.68 Å². The van der Waals surface area contributed by atoms with Gasteiger partial charge < -0.3 is 11.1 Å². The lowest BCUT2D eigenvalue weighted by molar-refractivity contribution is -0.116. The summed E-state index contributed by atoms with van der Waals surface area (Å²) in [6.07, 6.45) is 1.32. The monoisotopic (exact) mass is 256 g/mol. The van der Waals surface area contributed by atoms with Crippen LogP contribution in [-0.4, -0.2) is 15.7 Å². The standard InChI is InChI=1S/C14H16N4O/c1-8-13(18(2)17-14(8)15)10-3-5-11-9(7-10)4-6-12(19)16-11/h3,5,7H,4,6H2,1-2H3,(H2,15,17)(H,16,19). The molecule has 5 heteroatoms. The molecule has 5 nitrogen and oxygen atoms in total. The number of nitrogen functional groups attached to an aromatic ring is 1. The van der Waals surface area contributed by atoms with Crippen molar-refractivity contribution >= 4 is 17.4 Å². The highest BCUT2D eigenvalue weighted by molar-refractivity contribution is 5.94. The number of fused-ring (bicyclic) bond motifs is 1. The Balaban J connectivity index is 2.10. The molecule has 1 aromatic heterocycles. The van der Waals surface area contributed by atoms with Crippen LogP contribution in [0.5, 0.6) is 0 Å². The van der Waals surface area contributed by atoms with Crippen LogP contribution in [-0.2, 0) is 18.3 Å². The summed E-state index contributed by atoms with van der Waals surface area (Å²) in [7, 11) is 1.89. The topological polar surface area (TPSA) is 72.9 Å². The zero-order valence-electron chi connectivity index (χ0n) is 11.0. The number of hydrogen-bond donors (Lipinski definition) is 2. The summed E-state index contributed by atoms with van der Waals surface area (Å²) in [5.41, 5.74) is 11.0. The third-order valence-corrected chi connectivity index (χ3v) is 3.59. The predicted octanol–water partition coefficient (Wildman–Crippen LogP) is 1.86. The summed E-state index contributed by atoms with van der Waals surface area (Å²) in [4.78, 5) is 11.4. The number of aromatic nitrogens is 2. The molecule has 0 spiro atoms. The van der Waals surface area contributed by atoms with E-state index in [0.717, 1.165) is 34.5 Å². The Kier molecular flexibility index (Phi) is 2.55. The predicted molar refractivity (Wildman–Crippen MR) is 74.7 cm³/mol. The summed E-state index contributed by atoms with van der Waals surface area (Å²) in [5, 5.41) is 7.12. The number of nitrogens with one attached hydrogen (secondary N) is 1. The van der Waals surface area contributed by atoms with Gasteiger partial charge in [-0.15, -0.1) is 0 Å². The van der Waals surface area contributed by atoms with Crippen LogP contribution in [0.3, 0.4) is 0 Å². The summed E-state index contributed by atoms with van der Waals surface area (Å²) < 4.78 is 1.80. The highest BCUT2D eigenvalue weighted by atomic mass is 16.1.